The van der Waals surface area contributed by atoms with Gasteiger partial charge >= 0.3 is 0 Å². The molecule has 5 rings (SSSR count). The third kappa shape index (κ3) is 5.89. The molecule has 2 atom stereocenters. The van der Waals surface area contributed by atoms with Crippen LogP contribution in [-0.2, 0) is 6.54 Å². The second kappa shape index (κ2) is 13.2. The second-order valence-electron chi connectivity index (χ2n) is 10.4. The van der Waals surface area contributed by atoms with Crippen molar-refractivity contribution < 1.29 is 19.1 Å². The fraction of sp³-hybridized carbons (Fsp3) is 0.200. The summed E-state index contributed by atoms with van der Waals surface area (Å²) < 4.78 is 10.6. The van der Waals surface area contributed by atoms with E-state index in [9.17, 15) is 14.9 Å². The van der Waals surface area contributed by atoms with Crippen molar-refractivity contribution in [3.05, 3.63) is 131 Å². The Hall–Kier alpha value is -5.46. The van der Waals surface area contributed by atoms with Crippen molar-refractivity contribution in [2.45, 2.75) is 12.6 Å². The molecule has 44 heavy (non-hydrogen) atoms. The van der Waals surface area contributed by atoms with Gasteiger partial charge in [-0.1, -0.05) is 54.6 Å². The lowest BCUT2D eigenvalue weighted by atomic mass is 9.83. The third-order valence-corrected chi connectivity index (χ3v) is 7.51. The van der Waals surface area contributed by atoms with Gasteiger partial charge in [-0.3, -0.25) is 19.6 Å². The van der Waals surface area contributed by atoms with Crippen molar-refractivity contribution >= 4 is 17.5 Å². The SMILES string of the molecule is COc1ccc(C(=O)N(C(=O)c2ccc(OC)cc2)C2=C(C#N)C(=NCc3ccccc3)C3C=CC=CC3N2N(C)C)cc1. The van der Waals surface area contributed by atoms with Gasteiger partial charge in [0, 0.05) is 31.1 Å². The Balaban J connectivity index is 1.75. The van der Waals surface area contributed by atoms with Crippen LogP contribution in [0.15, 0.2) is 120 Å². The number of aliphatic imine (C=N–C) groups is 1. The van der Waals surface area contributed by atoms with E-state index >= 15 is 0 Å². The third-order valence-electron chi connectivity index (χ3n) is 7.51. The Morgan fingerprint density at radius 3 is 1.89 bits per heavy atom. The monoisotopic (exact) mass is 587 g/mol. The summed E-state index contributed by atoms with van der Waals surface area (Å²) in [7, 11) is 6.71. The van der Waals surface area contributed by atoms with Gasteiger partial charge in [0.05, 0.1) is 32.5 Å². The van der Waals surface area contributed by atoms with Crippen LogP contribution in [0, 0.1) is 17.2 Å². The van der Waals surface area contributed by atoms with Crippen LogP contribution in [0.1, 0.15) is 26.3 Å². The van der Waals surface area contributed by atoms with Gasteiger partial charge in [0.2, 0.25) is 0 Å². The fourth-order valence-corrected chi connectivity index (χ4v) is 5.35. The molecule has 9 heteroatoms. The molecule has 0 fully saturated rings. The molecule has 9 nitrogen and oxygen atoms in total. The normalized spacial score (nSPS) is 18.2. The van der Waals surface area contributed by atoms with Crippen LogP contribution in [0.3, 0.4) is 0 Å². The molecule has 0 bridgehead atoms. The standard InChI is InChI=1S/C35H33N5O4/c1-38(2)40-31-13-9-8-12-29(31)32(37-23-24-10-6-5-7-11-24)30(22-36)33(40)39(34(41)25-14-18-27(43-3)19-15-25)35(42)26-16-20-28(44-4)21-17-26/h5-21,29,31H,23H2,1-4H3. The smallest absolute Gasteiger partial charge is 0.266 e. The highest BCUT2D eigenvalue weighted by atomic mass is 16.5. The predicted molar refractivity (Wildman–Crippen MR) is 168 cm³/mol. The number of allylic oxidation sites excluding steroid dienone is 3. The van der Waals surface area contributed by atoms with E-state index in [1.54, 1.807) is 53.5 Å². The van der Waals surface area contributed by atoms with Crippen LogP contribution in [0.2, 0.25) is 0 Å². The zero-order valence-corrected chi connectivity index (χ0v) is 25.0. The topological polar surface area (TPSA) is 98.5 Å². The lowest BCUT2D eigenvalue weighted by molar-refractivity contribution is -0.00430. The molecule has 1 aliphatic heterocycles. The van der Waals surface area contributed by atoms with Crippen LogP contribution in [0.5, 0.6) is 11.5 Å². The first-order valence-corrected chi connectivity index (χ1v) is 14.1. The summed E-state index contributed by atoms with van der Waals surface area (Å²) in [5, 5.41) is 14.4. The summed E-state index contributed by atoms with van der Waals surface area (Å²) in [5.74, 6) is -0.225. The molecule has 0 aromatic heterocycles. The van der Waals surface area contributed by atoms with Crippen molar-refractivity contribution in [1.82, 2.24) is 14.9 Å². The van der Waals surface area contributed by atoms with Gasteiger partial charge in [-0.05, 0) is 54.1 Å². The first-order chi connectivity index (χ1) is 21.4. The van der Waals surface area contributed by atoms with Gasteiger partial charge in [0.25, 0.3) is 11.8 Å². The molecule has 2 amide bonds. The van der Waals surface area contributed by atoms with E-state index in [0.717, 1.165) is 10.5 Å². The van der Waals surface area contributed by atoms with Crippen molar-refractivity contribution in [1.29, 1.82) is 5.26 Å². The number of rotatable bonds is 8. The van der Waals surface area contributed by atoms with Gasteiger partial charge in [0.1, 0.15) is 23.1 Å². The summed E-state index contributed by atoms with van der Waals surface area (Å²) in [4.78, 5) is 34.9. The molecule has 222 valence electrons. The number of hydrogen-bond acceptors (Lipinski definition) is 8. The van der Waals surface area contributed by atoms with Crippen molar-refractivity contribution in [3.63, 3.8) is 0 Å². The Labute approximate surface area is 257 Å². The molecular weight excluding hydrogens is 554 g/mol. The van der Waals surface area contributed by atoms with E-state index in [2.05, 4.69) is 6.07 Å². The molecule has 3 aromatic rings. The number of nitrogens with zero attached hydrogens (tertiary/aromatic N) is 5. The highest BCUT2D eigenvalue weighted by Gasteiger charge is 2.45. The number of ether oxygens (including phenoxy) is 2. The van der Waals surface area contributed by atoms with E-state index in [-0.39, 0.29) is 34.5 Å². The minimum absolute atomic E-state index is 0.132. The lowest BCUT2D eigenvalue weighted by Crippen LogP contribution is -2.58. The Morgan fingerprint density at radius 1 is 0.841 bits per heavy atom. The molecule has 2 unspecified atom stereocenters. The molecule has 0 spiro atoms. The predicted octanol–water partition coefficient (Wildman–Crippen LogP) is 5.27. The molecule has 0 saturated heterocycles. The maximum Gasteiger partial charge on any atom is 0.266 e. The fourth-order valence-electron chi connectivity index (χ4n) is 5.35. The van der Waals surface area contributed by atoms with Gasteiger partial charge in [-0.2, -0.15) is 5.26 Å². The maximum atomic E-state index is 14.4. The van der Waals surface area contributed by atoms with Crippen LogP contribution < -0.4 is 9.47 Å². The van der Waals surface area contributed by atoms with E-state index in [1.807, 2.05) is 73.7 Å². The van der Waals surface area contributed by atoms with Crippen LogP contribution in [0.25, 0.3) is 0 Å². The number of imide groups is 1. The molecule has 0 radical (unpaired) electrons. The van der Waals surface area contributed by atoms with Gasteiger partial charge in [0.15, 0.2) is 5.82 Å². The highest BCUT2D eigenvalue weighted by Crippen LogP contribution is 2.37. The van der Waals surface area contributed by atoms with Crippen molar-refractivity contribution in [2.24, 2.45) is 10.9 Å². The number of amides is 2. The number of hydrazine groups is 1. The molecular formula is C35H33N5O4. The van der Waals surface area contributed by atoms with E-state index < -0.39 is 11.8 Å². The minimum Gasteiger partial charge on any atom is -0.497 e. The van der Waals surface area contributed by atoms with Crippen LogP contribution in [0.4, 0.5) is 0 Å². The average Bonchev–Trinajstić information content (AvgIpc) is 3.07. The Bertz CT molecular complexity index is 1620. The molecule has 2 aliphatic rings. The van der Waals surface area contributed by atoms with Gasteiger partial charge in [-0.15, -0.1) is 0 Å². The first-order valence-electron chi connectivity index (χ1n) is 14.1. The summed E-state index contributed by atoms with van der Waals surface area (Å²) in [6, 6.07) is 24.7. The van der Waals surface area contributed by atoms with Crippen LogP contribution >= 0.6 is 0 Å². The number of carbonyl (C=O) groups is 2. The second-order valence-corrected chi connectivity index (χ2v) is 10.4. The van der Waals surface area contributed by atoms with Crippen molar-refractivity contribution in [2.75, 3.05) is 28.3 Å². The van der Waals surface area contributed by atoms with Crippen LogP contribution in [-0.4, -0.2) is 66.8 Å². The summed E-state index contributed by atoms with van der Waals surface area (Å²) in [6.07, 6.45) is 7.84. The minimum atomic E-state index is -0.598. The lowest BCUT2D eigenvalue weighted by Gasteiger charge is -2.48. The first kappa shape index (κ1) is 30.0. The Morgan fingerprint density at radius 2 is 1.39 bits per heavy atom. The van der Waals surface area contributed by atoms with E-state index in [0.29, 0.717) is 23.8 Å². The number of benzene rings is 3. The number of carbonyl (C=O) groups excluding carboxylic acids is 2. The van der Waals surface area contributed by atoms with E-state index in [1.165, 1.54) is 14.2 Å². The zero-order valence-electron chi connectivity index (χ0n) is 25.0. The largest absolute Gasteiger partial charge is 0.497 e. The van der Waals surface area contributed by atoms with Gasteiger partial charge in [-0.25, -0.2) is 9.91 Å². The summed E-state index contributed by atoms with van der Waals surface area (Å²) >= 11 is 0. The average molecular weight is 588 g/mol. The summed E-state index contributed by atoms with van der Waals surface area (Å²) in [6.45, 7) is 0.330. The van der Waals surface area contributed by atoms with Gasteiger partial charge < -0.3 is 9.47 Å². The molecule has 1 aliphatic carbocycles. The quantitative estimate of drug-likeness (QED) is 0.332. The number of nitriles is 1. The van der Waals surface area contributed by atoms with E-state index in [4.69, 9.17) is 14.5 Å². The summed E-state index contributed by atoms with van der Waals surface area (Å²) in [5.41, 5.74) is 2.12. The van der Waals surface area contributed by atoms with Crippen molar-refractivity contribution in [3.8, 4) is 17.6 Å². The molecule has 0 N–H and O–H groups in total. The highest BCUT2D eigenvalue weighted by molar-refractivity contribution is 6.15. The maximum absolute atomic E-state index is 14.4. The molecule has 1 heterocycles. The number of fused-ring (bicyclic) bond motifs is 1. The number of methoxy groups -OCH3 is 2. The Kier molecular flexibility index (Phi) is 9.03. The molecule has 3 aromatic carbocycles. The number of hydrogen-bond donors (Lipinski definition) is 0. The zero-order chi connectivity index (χ0) is 31.2. The molecule has 0 saturated carbocycles.